The Morgan fingerprint density at radius 1 is 1.33 bits per heavy atom. The summed E-state index contributed by atoms with van der Waals surface area (Å²) in [5, 5.41) is 4.50. The number of ether oxygens (including phenoxy) is 1. The van der Waals surface area contributed by atoms with Crippen LogP contribution < -0.4 is 10.1 Å². The fourth-order valence-corrected chi connectivity index (χ4v) is 3.89. The van der Waals surface area contributed by atoms with Crippen molar-refractivity contribution < 1.29 is 4.74 Å². The van der Waals surface area contributed by atoms with Crippen molar-refractivity contribution in [2.24, 2.45) is 0 Å². The predicted molar refractivity (Wildman–Crippen MR) is 79.4 cm³/mol. The molecule has 0 aromatic heterocycles. The average Bonchev–Trinajstić information content (AvgIpc) is 2.84. The molecular weight excluding hydrogens is 242 g/mol. The molecule has 0 saturated heterocycles. The van der Waals surface area contributed by atoms with E-state index in [1.54, 1.807) is 7.11 Å². The lowest BCUT2D eigenvalue weighted by molar-refractivity contribution is 0.405. The van der Waals surface area contributed by atoms with Crippen molar-refractivity contribution in [3.05, 3.63) is 29.8 Å². The predicted octanol–water partition coefficient (Wildman–Crippen LogP) is 3.46. The van der Waals surface area contributed by atoms with E-state index in [2.05, 4.69) is 36.1 Å². The molecule has 0 spiro atoms. The van der Waals surface area contributed by atoms with Crippen LogP contribution in [0, 0.1) is 0 Å². The highest BCUT2D eigenvalue weighted by atomic mass is 32.2. The molecule has 0 bridgehead atoms. The van der Waals surface area contributed by atoms with Gasteiger partial charge in [0.15, 0.2) is 0 Å². The van der Waals surface area contributed by atoms with Gasteiger partial charge in [-0.05, 0) is 24.7 Å². The van der Waals surface area contributed by atoms with E-state index in [0.29, 0.717) is 6.04 Å². The van der Waals surface area contributed by atoms with E-state index < -0.39 is 0 Å². The Morgan fingerprint density at radius 3 is 2.94 bits per heavy atom. The molecule has 1 N–H and O–H groups in total. The summed E-state index contributed by atoms with van der Waals surface area (Å²) < 4.78 is 5.39. The standard InChI is InChI=1S/C15H23NOS/c1-3-18-15-10-6-8-13(15)16-11-12-7-4-5-9-14(12)17-2/h4-5,7,9,13,15-16H,3,6,8,10-11H2,1-2H3. The van der Waals surface area contributed by atoms with Crippen molar-refractivity contribution >= 4 is 11.8 Å². The van der Waals surface area contributed by atoms with Gasteiger partial charge in [0.25, 0.3) is 0 Å². The lowest BCUT2D eigenvalue weighted by atomic mass is 10.1. The summed E-state index contributed by atoms with van der Waals surface area (Å²) in [4.78, 5) is 0. The first-order chi connectivity index (χ1) is 8.85. The molecule has 2 rings (SSSR count). The van der Waals surface area contributed by atoms with Gasteiger partial charge in [-0.25, -0.2) is 0 Å². The zero-order chi connectivity index (χ0) is 12.8. The Morgan fingerprint density at radius 2 is 2.17 bits per heavy atom. The van der Waals surface area contributed by atoms with Crippen LogP contribution in [0.25, 0.3) is 0 Å². The van der Waals surface area contributed by atoms with Crippen LogP contribution in [0.15, 0.2) is 24.3 Å². The molecule has 2 nitrogen and oxygen atoms in total. The van der Waals surface area contributed by atoms with Crippen molar-refractivity contribution in [3.8, 4) is 5.75 Å². The van der Waals surface area contributed by atoms with E-state index in [1.807, 2.05) is 12.1 Å². The lowest BCUT2D eigenvalue weighted by Crippen LogP contribution is -2.33. The molecule has 18 heavy (non-hydrogen) atoms. The molecule has 0 aliphatic heterocycles. The topological polar surface area (TPSA) is 21.3 Å². The fourth-order valence-electron chi connectivity index (χ4n) is 2.66. The molecule has 100 valence electrons. The van der Waals surface area contributed by atoms with Crippen LogP contribution in [0.2, 0.25) is 0 Å². The Bertz CT molecular complexity index is 369. The Kier molecular flexibility index (Phi) is 5.39. The van der Waals surface area contributed by atoms with Crippen LogP contribution in [0.1, 0.15) is 31.7 Å². The summed E-state index contributed by atoms with van der Waals surface area (Å²) in [6, 6.07) is 8.94. The monoisotopic (exact) mass is 265 g/mol. The van der Waals surface area contributed by atoms with Crippen LogP contribution in [0.3, 0.4) is 0 Å². The Labute approximate surface area is 114 Å². The number of methoxy groups -OCH3 is 1. The van der Waals surface area contributed by atoms with E-state index in [1.165, 1.54) is 30.6 Å². The van der Waals surface area contributed by atoms with Crippen molar-refractivity contribution in [1.29, 1.82) is 0 Å². The number of benzene rings is 1. The van der Waals surface area contributed by atoms with Crippen molar-refractivity contribution in [2.75, 3.05) is 12.9 Å². The zero-order valence-electron chi connectivity index (χ0n) is 11.3. The summed E-state index contributed by atoms with van der Waals surface area (Å²) in [6.07, 6.45) is 4.04. The van der Waals surface area contributed by atoms with Gasteiger partial charge in [-0.1, -0.05) is 31.5 Å². The summed E-state index contributed by atoms with van der Waals surface area (Å²) in [7, 11) is 1.74. The third-order valence-corrected chi connectivity index (χ3v) is 4.91. The highest BCUT2D eigenvalue weighted by Crippen LogP contribution is 2.30. The van der Waals surface area contributed by atoms with Gasteiger partial charge in [-0.3, -0.25) is 0 Å². The van der Waals surface area contributed by atoms with Gasteiger partial charge in [0, 0.05) is 23.4 Å². The first-order valence-electron chi connectivity index (χ1n) is 6.82. The maximum atomic E-state index is 5.39. The quantitative estimate of drug-likeness (QED) is 0.851. The van der Waals surface area contributed by atoms with E-state index in [-0.39, 0.29) is 0 Å². The maximum Gasteiger partial charge on any atom is 0.123 e. The van der Waals surface area contributed by atoms with Crippen molar-refractivity contribution in [3.63, 3.8) is 0 Å². The van der Waals surface area contributed by atoms with Crippen molar-refractivity contribution in [2.45, 2.75) is 44.0 Å². The molecule has 2 unspecified atom stereocenters. The van der Waals surface area contributed by atoms with Crippen LogP contribution in [-0.2, 0) is 6.54 Å². The second kappa shape index (κ2) is 7.05. The molecule has 3 heteroatoms. The number of hydrogen-bond acceptors (Lipinski definition) is 3. The van der Waals surface area contributed by atoms with Crippen LogP contribution in [0.4, 0.5) is 0 Å². The molecule has 1 aromatic rings. The van der Waals surface area contributed by atoms with Crippen molar-refractivity contribution in [1.82, 2.24) is 5.32 Å². The van der Waals surface area contributed by atoms with E-state index in [4.69, 9.17) is 4.74 Å². The second-order valence-electron chi connectivity index (χ2n) is 4.72. The van der Waals surface area contributed by atoms with Crippen LogP contribution >= 0.6 is 11.8 Å². The molecule has 1 saturated carbocycles. The number of para-hydroxylation sites is 1. The Hall–Kier alpha value is -0.670. The number of hydrogen-bond donors (Lipinski definition) is 1. The van der Waals surface area contributed by atoms with Gasteiger partial charge in [0.1, 0.15) is 5.75 Å². The lowest BCUT2D eigenvalue weighted by Gasteiger charge is -2.20. The second-order valence-corrected chi connectivity index (χ2v) is 6.24. The molecule has 1 aliphatic carbocycles. The molecular formula is C15H23NOS. The summed E-state index contributed by atoms with van der Waals surface area (Å²) in [6.45, 7) is 3.16. The van der Waals surface area contributed by atoms with Gasteiger partial charge >= 0.3 is 0 Å². The molecule has 1 fully saturated rings. The molecule has 0 radical (unpaired) electrons. The van der Waals surface area contributed by atoms with E-state index in [0.717, 1.165) is 17.5 Å². The molecule has 0 amide bonds. The normalized spacial score (nSPS) is 23.2. The third-order valence-electron chi connectivity index (χ3n) is 3.58. The first kappa shape index (κ1) is 13.8. The van der Waals surface area contributed by atoms with Crippen LogP contribution in [0.5, 0.6) is 5.75 Å². The number of nitrogens with one attached hydrogen (secondary N) is 1. The Balaban J connectivity index is 1.90. The molecule has 0 heterocycles. The molecule has 1 aromatic carbocycles. The van der Waals surface area contributed by atoms with Gasteiger partial charge in [-0.2, -0.15) is 11.8 Å². The minimum absolute atomic E-state index is 0.667. The molecule has 2 atom stereocenters. The maximum absolute atomic E-state index is 5.39. The zero-order valence-corrected chi connectivity index (χ0v) is 12.1. The van der Waals surface area contributed by atoms with Gasteiger partial charge in [0.2, 0.25) is 0 Å². The molecule has 1 aliphatic rings. The minimum atomic E-state index is 0.667. The summed E-state index contributed by atoms with van der Waals surface area (Å²) >= 11 is 2.10. The van der Waals surface area contributed by atoms with E-state index in [9.17, 15) is 0 Å². The number of thioether (sulfide) groups is 1. The summed E-state index contributed by atoms with van der Waals surface area (Å²) in [5.41, 5.74) is 1.26. The highest BCUT2D eigenvalue weighted by Gasteiger charge is 2.26. The average molecular weight is 265 g/mol. The number of rotatable bonds is 6. The summed E-state index contributed by atoms with van der Waals surface area (Å²) in [5.74, 6) is 2.21. The van der Waals surface area contributed by atoms with Gasteiger partial charge in [-0.15, -0.1) is 0 Å². The van der Waals surface area contributed by atoms with Gasteiger partial charge < -0.3 is 10.1 Å². The largest absolute Gasteiger partial charge is 0.496 e. The fraction of sp³-hybridized carbons (Fsp3) is 0.600. The van der Waals surface area contributed by atoms with E-state index >= 15 is 0 Å². The minimum Gasteiger partial charge on any atom is -0.496 e. The van der Waals surface area contributed by atoms with Crippen LogP contribution in [-0.4, -0.2) is 24.2 Å². The SMILES string of the molecule is CCSC1CCCC1NCc1ccccc1OC. The third kappa shape index (κ3) is 3.42. The first-order valence-corrected chi connectivity index (χ1v) is 7.87. The smallest absolute Gasteiger partial charge is 0.123 e. The highest BCUT2D eigenvalue weighted by molar-refractivity contribution is 7.99. The van der Waals surface area contributed by atoms with Gasteiger partial charge in [0.05, 0.1) is 7.11 Å².